The van der Waals surface area contributed by atoms with Gasteiger partial charge in [-0.05, 0) is 23.8 Å². The van der Waals surface area contributed by atoms with Crippen molar-refractivity contribution in [1.29, 1.82) is 0 Å². The molecule has 0 spiro atoms. The van der Waals surface area contributed by atoms with Gasteiger partial charge in [-0.3, -0.25) is 4.79 Å². The number of benzene rings is 1. The van der Waals surface area contributed by atoms with Crippen LogP contribution in [0.4, 0.5) is 0 Å². The number of halogens is 1. The number of likely N-dealkylation sites (N-methyl/N-ethyl adjacent to an activating group) is 1. The van der Waals surface area contributed by atoms with Crippen molar-refractivity contribution in [2.75, 3.05) is 19.3 Å². The van der Waals surface area contributed by atoms with Gasteiger partial charge >= 0.3 is 0 Å². The number of amides is 1. The van der Waals surface area contributed by atoms with E-state index in [1.807, 2.05) is 0 Å². The molecule has 106 valence electrons. The lowest BCUT2D eigenvalue weighted by Crippen LogP contribution is -2.40. The van der Waals surface area contributed by atoms with E-state index in [4.69, 9.17) is 11.6 Å². The first-order valence-electron chi connectivity index (χ1n) is 6.02. The Balaban J connectivity index is 2.24. The Kier molecular flexibility index (Phi) is 4.30. The summed E-state index contributed by atoms with van der Waals surface area (Å²) in [5.41, 5.74) is 0.875. The monoisotopic (exact) mass is 311 g/mol. The molecule has 0 aromatic heterocycles. The highest BCUT2D eigenvalue weighted by atomic mass is 35.5. The smallest absolute Gasteiger partial charge is 0.265 e. The molecule has 1 aliphatic rings. The summed E-state index contributed by atoms with van der Waals surface area (Å²) in [4.78, 5) is 13.1. The van der Waals surface area contributed by atoms with Gasteiger partial charge in [-0.15, -0.1) is 0 Å². The second-order valence-electron chi connectivity index (χ2n) is 4.49. The standard InChI is InChI=1S/C14H14ClNO3S/c1-16-9-10-20(18,19)13(14(16)17)4-2-3-11-5-7-12(15)8-6-11/h2-8H,9-10H2,1H3/b3-2+,13-4+. The summed E-state index contributed by atoms with van der Waals surface area (Å²) in [6.07, 6.45) is 4.63. The van der Waals surface area contributed by atoms with E-state index in [0.29, 0.717) is 5.02 Å². The summed E-state index contributed by atoms with van der Waals surface area (Å²) in [6, 6.07) is 7.09. The Morgan fingerprint density at radius 1 is 1.25 bits per heavy atom. The van der Waals surface area contributed by atoms with Crippen LogP contribution in [-0.4, -0.2) is 38.6 Å². The molecule has 0 bridgehead atoms. The maximum Gasteiger partial charge on any atom is 0.265 e. The van der Waals surface area contributed by atoms with Crippen LogP contribution in [0.1, 0.15) is 5.56 Å². The Morgan fingerprint density at radius 3 is 2.55 bits per heavy atom. The van der Waals surface area contributed by atoms with Crippen molar-refractivity contribution in [3.05, 3.63) is 51.9 Å². The lowest BCUT2D eigenvalue weighted by Gasteiger charge is -2.23. The molecule has 6 heteroatoms. The van der Waals surface area contributed by atoms with Gasteiger partial charge in [-0.2, -0.15) is 0 Å². The van der Waals surface area contributed by atoms with E-state index < -0.39 is 15.7 Å². The van der Waals surface area contributed by atoms with Gasteiger partial charge in [0.2, 0.25) is 0 Å². The third-order valence-electron chi connectivity index (χ3n) is 2.99. The van der Waals surface area contributed by atoms with Gasteiger partial charge in [0, 0.05) is 18.6 Å². The van der Waals surface area contributed by atoms with Gasteiger partial charge in [-0.1, -0.05) is 35.9 Å². The van der Waals surface area contributed by atoms with Crippen molar-refractivity contribution in [2.24, 2.45) is 0 Å². The third-order valence-corrected chi connectivity index (χ3v) is 4.95. The van der Waals surface area contributed by atoms with Crippen molar-refractivity contribution < 1.29 is 13.2 Å². The number of carbonyl (C=O) groups excluding carboxylic acids is 1. The van der Waals surface area contributed by atoms with Crippen molar-refractivity contribution in [3.63, 3.8) is 0 Å². The fraction of sp³-hybridized carbons (Fsp3) is 0.214. The van der Waals surface area contributed by atoms with E-state index in [1.165, 1.54) is 11.0 Å². The normalized spacial score (nSPS) is 20.8. The number of hydrogen-bond donors (Lipinski definition) is 0. The van der Waals surface area contributed by atoms with Crippen LogP contribution in [0.2, 0.25) is 5.02 Å². The van der Waals surface area contributed by atoms with Crippen LogP contribution < -0.4 is 0 Å². The van der Waals surface area contributed by atoms with Crippen molar-refractivity contribution in [1.82, 2.24) is 4.90 Å². The van der Waals surface area contributed by atoms with Gasteiger partial charge in [0.15, 0.2) is 9.84 Å². The average Bonchev–Trinajstić information content (AvgIpc) is 2.41. The maximum absolute atomic E-state index is 11.9. The summed E-state index contributed by atoms with van der Waals surface area (Å²) >= 11 is 5.77. The van der Waals surface area contributed by atoms with E-state index in [1.54, 1.807) is 43.5 Å². The second-order valence-corrected chi connectivity index (χ2v) is 7.00. The molecule has 4 nitrogen and oxygen atoms in total. The lowest BCUT2D eigenvalue weighted by molar-refractivity contribution is -0.125. The van der Waals surface area contributed by atoms with Crippen LogP contribution >= 0.6 is 11.6 Å². The molecule has 0 saturated carbocycles. The molecule has 1 aromatic rings. The zero-order valence-corrected chi connectivity index (χ0v) is 12.5. The van der Waals surface area contributed by atoms with Crippen LogP contribution in [0.3, 0.4) is 0 Å². The number of carbonyl (C=O) groups is 1. The summed E-state index contributed by atoms with van der Waals surface area (Å²) in [6.45, 7) is 0.236. The Morgan fingerprint density at radius 2 is 1.90 bits per heavy atom. The molecule has 0 N–H and O–H groups in total. The Labute approximate surface area is 123 Å². The van der Waals surface area contributed by atoms with Crippen molar-refractivity contribution in [2.45, 2.75) is 0 Å². The largest absolute Gasteiger partial charge is 0.340 e. The van der Waals surface area contributed by atoms with Gasteiger partial charge < -0.3 is 4.90 Å². The van der Waals surface area contributed by atoms with E-state index in [9.17, 15) is 13.2 Å². The molecule has 1 amide bonds. The van der Waals surface area contributed by atoms with Gasteiger partial charge in [0.05, 0.1) is 5.75 Å². The van der Waals surface area contributed by atoms with Gasteiger partial charge in [0.1, 0.15) is 4.91 Å². The molecule has 2 rings (SSSR count). The molecule has 0 aliphatic carbocycles. The predicted molar refractivity (Wildman–Crippen MR) is 80.0 cm³/mol. The molecular formula is C14H14ClNO3S. The summed E-state index contributed by atoms with van der Waals surface area (Å²) in [5, 5.41) is 0.632. The van der Waals surface area contributed by atoms with E-state index in [-0.39, 0.29) is 17.2 Å². The van der Waals surface area contributed by atoms with E-state index >= 15 is 0 Å². The fourth-order valence-electron chi connectivity index (χ4n) is 1.79. The third kappa shape index (κ3) is 3.29. The van der Waals surface area contributed by atoms with Crippen molar-refractivity contribution in [3.8, 4) is 0 Å². The molecule has 1 heterocycles. The quantitative estimate of drug-likeness (QED) is 0.786. The topological polar surface area (TPSA) is 54.5 Å². The minimum atomic E-state index is -3.47. The Bertz CT molecular complexity index is 675. The van der Waals surface area contributed by atoms with E-state index in [0.717, 1.165) is 5.56 Å². The Hall–Kier alpha value is -1.59. The predicted octanol–water partition coefficient (Wildman–Crippen LogP) is 2.12. The van der Waals surface area contributed by atoms with Gasteiger partial charge in [0.25, 0.3) is 5.91 Å². The molecule has 1 saturated heterocycles. The zero-order valence-electron chi connectivity index (χ0n) is 10.9. The first-order valence-corrected chi connectivity index (χ1v) is 8.05. The molecule has 0 atom stereocenters. The highest BCUT2D eigenvalue weighted by molar-refractivity contribution is 7.96. The molecular weight excluding hydrogens is 298 g/mol. The van der Waals surface area contributed by atoms with Crippen LogP contribution in [0.15, 0.2) is 41.3 Å². The highest BCUT2D eigenvalue weighted by Gasteiger charge is 2.32. The number of sulfone groups is 1. The fourth-order valence-corrected chi connectivity index (χ4v) is 3.35. The number of nitrogens with zero attached hydrogens (tertiary/aromatic N) is 1. The van der Waals surface area contributed by atoms with Crippen LogP contribution in [0.5, 0.6) is 0 Å². The minimum absolute atomic E-state index is 0.0319. The molecule has 20 heavy (non-hydrogen) atoms. The lowest BCUT2D eigenvalue weighted by atomic mass is 10.2. The second kappa shape index (κ2) is 5.81. The van der Waals surface area contributed by atoms with Crippen LogP contribution in [0.25, 0.3) is 6.08 Å². The molecule has 1 aliphatic heterocycles. The summed E-state index contributed by atoms with van der Waals surface area (Å²) in [7, 11) is -1.88. The summed E-state index contributed by atoms with van der Waals surface area (Å²) in [5.74, 6) is -0.493. The minimum Gasteiger partial charge on any atom is -0.340 e. The zero-order chi connectivity index (χ0) is 14.8. The van der Waals surface area contributed by atoms with E-state index in [2.05, 4.69) is 0 Å². The summed E-state index contributed by atoms with van der Waals surface area (Å²) < 4.78 is 23.7. The number of rotatable bonds is 2. The number of allylic oxidation sites excluding steroid dienone is 2. The van der Waals surface area contributed by atoms with Crippen LogP contribution in [0, 0.1) is 0 Å². The first-order chi connectivity index (χ1) is 9.40. The first kappa shape index (κ1) is 14.8. The maximum atomic E-state index is 11.9. The highest BCUT2D eigenvalue weighted by Crippen LogP contribution is 2.17. The van der Waals surface area contributed by atoms with Crippen molar-refractivity contribution >= 4 is 33.4 Å². The average molecular weight is 312 g/mol. The molecule has 0 radical (unpaired) electrons. The SMILES string of the molecule is CN1CCS(=O)(=O)/C(=C/C=C/c2ccc(Cl)cc2)C1=O. The van der Waals surface area contributed by atoms with Gasteiger partial charge in [-0.25, -0.2) is 8.42 Å². The molecule has 0 unspecified atom stereocenters. The number of hydrogen-bond acceptors (Lipinski definition) is 3. The van der Waals surface area contributed by atoms with Crippen LogP contribution in [-0.2, 0) is 14.6 Å². The molecule has 1 aromatic carbocycles. The molecule has 1 fully saturated rings.